The van der Waals surface area contributed by atoms with Crippen LogP contribution in [0.1, 0.15) is 32.1 Å². The van der Waals surface area contributed by atoms with E-state index in [2.05, 4.69) is 22.6 Å². The Morgan fingerprint density at radius 3 is 2.84 bits per heavy atom. The molecule has 0 saturated heterocycles. The van der Waals surface area contributed by atoms with Crippen LogP contribution in [-0.2, 0) is 4.79 Å². The molecule has 1 heterocycles. The molecule has 19 heavy (non-hydrogen) atoms. The molecule has 3 rings (SSSR count). The van der Waals surface area contributed by atoms with Gasteiger partial charge in [-0.2, -0.15) is 0 Å². The monoisotopic (exact) mass is 371 g/mol. The number of benzene rings is 1. The number of carbonyl (C=O) groups excluding carboxylic acids is 1. The van der Waals surface area contributed by atoms with Crippen LogP contribution >= 0.6 is 22.6 Å². The highest BCUT2D eigenvalue weighted by Crippen LogP contribution is 2.35. The lowest BCUT2D eigenvalue weighted by Crippen LogP contribution is -2.42. The summed E-state index contributed by atoms with van der Waals surface area (Å²) in [6.07, 6.45) is 6.47. The first kappa shape index (κ1) is 13.2. The van der Waals surface area contributed by atoms with Crippen molar-refractivity contribution in [3.63, 3.8) is 0 Å². The Bertz CT molecular complexity index is 483. The average molecular weight is 371 g/mol. The second-order valence-corrected chi connectivity index (χ2v) is 6.65. The summed E-state index contributed by atoms with van der Waals surface area (Å²) in [6.45, 7) is 1.04. The second kappa shape index (κ2) is 5.69. The molecule has 1 amide bonds. The summed E-state index contributed by atoms with van der Waals surface area (Å²) >= 11 is 2.27. The van der Waals surface area contributed by atoms with Crippen molar-refractivity contribution in [1.29, 1.82) is 0 Å². The Morgan fingerprint density at radius 1 is 1.26 bits per heavy atom. The molecule has 0 radical (unpaired) electrons. The van der Waals surface area contributed by atoms with Crippen molar-refractivity contribution in [2.24, 2.45) is 5.92 Å². The maximum Gasteiger partial charge on any atom is 0.265 e. The largest absolute Gasteiger partial charge is 0.482 e. The molecule has 102 valence electrons. The first-order valence-corrected chi connectivity index (χ1v) is 8.04. The number of hydrogen-bond donors (Lipinski definition) is 0. The number of fused-ring (bicyclic) bond motifs is 1. The van der Waals surface area contributed by atoms with E-state index in [1.807, 2.05) is 23.1 Å². The highest BCUT2D eigenvalue weighted by Gasteiger charge is 2.28. The third-order valence-corrected chi connectivity index (χ3v) is 4.70. The van der Waals surface area contributed by atoms with Gasteiger partial charge in [0.25, 0.3) is 5.91 Å². The predicted molar refractivity (Wildman–Crippen MR) is 83.6 cm³/mol. The van der Waals surface area contributed by atoms with Crippen molar-refractivity contribution in [2.45, 2.75) is 32.1 Å². The lowest BCUT2D eigenvalue weighted by Gasteiger charge is -2.33. The fourth-order valence-corrected chi connectivity index (χ4v) is 3.47. The Morgan fingerprint density at radius 2 is 2.05 bits per heavy atom. The van der Waals surface area contributed by atoms with E-state index in [1.165, 1.54) is 32.1 Å². The first-order valence-electron chi connectivity index (χ1n) is 6.97. The van der Waals surface area contributed by atoms with Gasteiger partial charge in [-0.25, -0.2) is 0 Å². The van der Waals surface area contributed by atoms with Gasteiger partial charge in [0.05, 0.1) is 5.69 Å². The zero-order valence-corrected chi connectivity index (χ0v) is 13.1. The summed E-state index contributed by atoms with van der Waals surface area (Å²) in [5.41, 5.74) is 0.947. The van der Waals surface area contributed by atoms with Crippen LogP contribution < -0.4 is 9.64 Å². The quantitative estimate of drug-likeness (QED) is 0.744. The van der Waals surface area contributed by atoms with Crippen LogP contribution in [0.3, 0.4) is 0 Å². The molecule has 0 N–H and O–H groups in total. The maximum atomic E-state index is 12.1. The molecule has 1 aliphatic carbocycles. The van der Waals surface area contributed by atoms with Gasteiger partial charge < -0.3 is 9.64 Å². The average Bonchev–Trinajstić information content (AvgIpc) is 2.43. The molecule has 0 aromatic heterocycles. The molecule has 0 bridgehead atoms. The minimum absolute atomic E-state index is 0.0966. The minimum atomic E-state index is 0.0966. The molecule has 1 aliphatic heterocycles. The van der Waals surface area contributed by atoms with E-state index in [1.54, 1.807) is 0 Å². The van der Waals surface area contributed by atoms with Gasteiger partial charge in [-0.15, -0.1) is 0 Å². The van der Waals surface area contributed by atoms with Gasteiger partial charge in [-0.05, 0) is 59.5 Å². The zero-order chi connectivity index (χ0) is 13.2. The fraction of sp³-hybridized carbons (Fsp3) is 0.533. The van der Waals surface area contributed by atoms with Crippen molar-refractivity contribution in [3.05, 3.63) is 21.8 Å². The summed E-state index contributed by atoms with van der Waals surface area (Å²) in [6, 6.07) is 6.06. The maximum absolute atomic E-state index is 12.1. The molecule has 1 fully saturated rings. The van der Waals surface area contributed by atoms with Crippen LogP contribution in [0.2, 0.25) is 0 Å². The number of hydrogen-bond acceptors (Lipinski definition) is 2. The van der Waals surface area contributed by atoms with Gasteiger partial charge in [0.2, 0.25) is 0 Å². The Hall–Kier alpha value is -0.780. The third kappa shape index (κ3) is 2.88. The number of halogens is 1. The van der Waals surface area contributed by atoms with Gasteiger partial charge >= 0.3 is 0 Å². The molecular formula is C15H18INO2. The molecule has 2 aliphatic rings. The molecule has 1 saturated carbocycles. The highest BCUT2D eigenvalue weighted by molar-refractivity contribution is 14.1. The third-order valence-electron chi connectivity index (χ3n) is 4.03. The summed E-state index contributed by atoms with van der Waals surface area (Å²) in [4.78, 5) is 14.1. The van der Waals surface area contributed by atoms with Crippen molar-refractivity contribution < 1.29 is 9.53 Å². The van der Waals surface area contributed by atoms with E-state index in [4.69, 9.17) is 4.74 Å². The van der Waals surface area contributed by atoms with Crippen LogP contribution in [0.15, 0.2) is 18.2 Å². The SMILES string of the molecule is O=C1COc2cc(I)ccc2N1CC1CCCCC1. The van der Waals surface area contributed by atoms with E-state index in [0.29, 0.717) is 5.92 Å². The van der Waals surface area contributed by atoms with Crippen LogP contribution in [0.4, 0.5) is 5.69 Å². The van der Waals surface area contributed by atoms with Crippen molar-refractivity contribution >= 4 is 34.2 Å². The fourth-order valence-electron chi connectivity index (χ4n) is 3.01. The number of anilines is 1. The summed E-state index contributed by atoms with van der Waals surface area (Å²) in [7, 11) is 0. The van der Waals surface area contributed by atoms with Gasteiger partial charge in [0.1, 0.15) is 5.75 Å². The van der Waals surface area contributed by atoms with Crippen molar-refractivity contribution in [1.82, 2.24) is 0 Å². The second-order valence-electron chi connectivity index (χ2n) is 5.41. The van der Waals surface area contributed by atoms with E-state index in [-0.39, 0.29) is 12.5 Å². The van der Waals surface area contributed by atoms with Crippen LogP contribution in [0, 0.1) is 9.49 Å². The van der Waals surface area contributed by atoms with Crippen molar-refractivity contribution in [2.75, 3.05) is 18.1 Å². The van der Waals surface area contributed by atoms with E-state index in [9.17, 15) is 4.79 Å². The van der Waals surface area contributed by atoms with Gasteiger partial charge in [0, 0.05) is 10.1 Å². The lowest BCUT2D eigenvalue weighted by molar-refractivity contribution is -0.121. The minimum Gasteiger partial charge on any atom is -0.482 e. The number of nitrogens with zero attached hydrogens (tertiary/aromatic N) is 1. The molecule has 4 heteroatoms. The van der Waals surface area contributed by atoms with E-state index < -0.39 is 0 Å². The molecule has 0 spiro atoms. The van der Waals surface area contributed by atoms with Crippen LogP contribution in [0.25, 0.3) is 0 Å². The first-order chi connectivity index (χ1) is 9.24. The van der Waals surface area contributed by atoms with Gasteiger partial charge in [-0.1, -0.05) is 19.3 Å². The zero-order valence-electron chi connectivity index (χ0n) is 10.9. The van der Waals surface area contributed by atoms with Crippen LogP contribution in [0.5, 0.6) is 5.75 Å². The number of ether oxygens (including phenoxy) is 1. The Balaban J connectivity index is 1.82. The summed E-state index contributed by atoms with van der Waals surface area (Å²) in [5.74, 6) is 1.60. The number of amides is 1. The van der Waals surface area contributed by atoms with Gasteiger partial charge in [0.15, 0.2) is 6.61 Å². The smallest absolute Gasteiger partial charge is 0.265 e. The number of rotatable bonds is 2. The predicted octanol–water partition coefficient (Wildman–Crippen LogP) is 3.60. The summed E-state index contributed by atoms with van der Waals surface area (Å²) in [5, 5.41) is 0. The molecule has 3 nitrogen and oxygen atoms in total. The topological polar surface area (TPSA) is 29.5 Å². The highest BCUT2D eigenvalue weighted by atomic mass is 127. The Labute approximate surface area is 127 Å². The van der Waals surface area contributed by atoms with E-state index in [0.717, 1.165) is 21.6 Å². The number of carbonyl (C=O) groups is 1. The molecule has 0 atom stereocenters. The molecule has 0 unspecified atom stereocenters. The normalized spacial score (nSPS) is 20.1. The molecular weight excluding hydrogens is 353 g/mol. The molecule has 1 aromatic rings. The molecule has 1 aromatic carbocycles. The standard InChI is InChI=1S/C15H18INO2/c16-12-6-7-13-14(8-12)19-10-15(18)17(13)9-11-4-2-1-3-5-11/h6-8,11H,1-5,9-10H2. The summed E-state index contributed by atoms with van der Waals surface area (Å²) < 4.78 is 6.68. The lowest BCUT2D eigenvalue weighted by atomic mass is 9.88. The Kier molecular flexibility index (Phi) is 3.96. The van der Waals surface area contributed by atoms with Crippen LogP contribution in [-0.4, -0.2) is 19.1 Å². The van der Waals surface area contributed by atoms with Crippen molar-refractivity contribution in [3.8, 4) is 5.75 Å². The van der Waals surface area contributed by atoms with E-state index >= 15 is 0 Å². The van der Waals surface area contributed by atoms with Gasteiger partial charge in [-0.3, -0.25) is 4.79 Å².